The molecule has 0 atom stereocenters. The highest BCUT2D eigenvalue weighted by Gasteiger charge is 2.13. The molecule has 0 unspecified atom stereocenters. The maximum absolute atomic E-state index is 5.96. The lowest BCUT2D eigenvalue weighted by Crippen LogP contribution is -2.00. The third kappa shape index (κ3) is 3.61. The molecule has 2 aromatic heterocycles. The highest BCUT2D eigenvalue weighted by molar-refractivity contribution is 7.19. The minimum Gasteiger partial charge on any atom is -0.493 e. The van der Waals surface area contributed by atoms with Crippen molar-refractivity contribution in [2.24, 2.45) is 0 Å². The van der Waals surface area contributed by atoms with Crippen LogP contribution in [0.15, 0.2) is 42.5 Å². The molecule has 2 heterocycles. The average molecular weight is 401 g/mol. The number of halogens is 1. The van der Waals surface area contributed by atoms with Crippen LogP contribution in [0.4, 0.5) is 0 Å². The van der Waals surface area contributed by atoms with E-state index in [1.165, 1.54) is 11.3 Å². The predicted octanol–water partition coefficient (Wildman–Crippen LogP) is 4.31. The Morgan fingerprint density at radius 1 is 0.963 bits per heavy atom. The fourth-order valence-corrected chi connectivity index (χ4v) is 3.80. The molecule has 27 heavy (non-hydrogen) atoms. The first-order chi connectivity index (χ1) is 13.2. The summed E-state index contributed by atoms with van der Waals surface area (Å²) in [6.07, 6.45) is 1.52. The smallest absolute Gasteiger partial charge is 0.234 e. The van der Waals surface area contributed by atoms with Crippen LogP contribution in [-0.4, -0.2) is 34.0 Å². The standard InChI is InChI=1S/C19H17ClN4O2S/c1-25-15-9-3-12(11-16(15)26-2)4-10-17-21-22-19-24(17)23-18(27-19)13-5-7-14(20)8-6-13/h3,5-9,11H,4,10H2,1-2H3. The van der Waals surface area contributed by atoms with Crippen LogP contribution in [-0.2, 0) is 12.8 Å². The third-order valence-corrected chi connectivity index (χ3v) is 5.43. The van der Waals surface area contributed by atoms with Gasteiger partial charge in [0.1, 0.15) is 5.01 Å². The molecular formula is C19H17ClN4O2S. The summed E-state index contributed by atoms with van der Waals surface area (Å²) >= 11 is 7.47. The van der Waals surface area contributed by atoms with Crippen LogP contribution in [0.1, 0.15) is 11.4 Å². The first kappa shape index (κ1) is 17.8. The Balaban J connectivity index is 1.55. The number of aryl methyl sites for hydroxylation is 2. The molecule has 8 heteroatoms. The van der Waals surface area contributed by atoms with Crippen LogP contribution >= 0.6 is 22.9 Å². The van der Waals surface area contributed by atoms with Gasteiger partial charge >= 0.3 is 0 Å². The lowest BCUT2D eigenvalue weighted by Gasteiger charge is -2.09. The Morgan fingerprint density at radius 3 is 2.48 bits per heavy atom. The van der Waals surface area contributed by atoms with Crippen molar-refractivity contribution in [3.05, 3.63) is 58.9 Å². The fraction of sp³-hybridized carbons (Fsp3) is 0.211. The van der Waals surface area contributed by atoms with Crippen LogP contribution < -0.4 is 9.47 Å². The van der Waals surface area contributed by atoms with Gasteiger partial charge in [-0.3, -0.25) is 0 Å². The van der Waals surface area contributed by atoms with Crippen molar-refractivity contribution in [2.75, 3.05) is 14.2 Å². The normalized spacial score (nSPS) is 11.1. The first-order valence-electron chi connectivity index (χ1n) is 8.36. The van der Waals surface area contributed by atoms with E-state index in [-0.39, 0.29) is 0 Å². The van der Waals surface area contributed by atoms with Gasteiger partial charge in [0.2, 0.25) is 4.96 Å². The van der Waals surface area contributed by atoms with Crippen LogP contribution in [0.3, 0.4) is 0 Å². The molecule has 6 nitrogen and oxygen atoms in total. The molecule has 0 bridgehead atoms. The van der Waals surface area contributed by atoms with Crippen LogP contribution in [0.25, 0.3) is 15.5 Å². The van der Waals surface area contributed by atoms with Crippen LogP contribution in [0.2, 0.25) is 5.02 Å². The largest absolute Gasteiger partial charge is 0.493 e. The van der Waals surface area contributed by atoms with E-state index >= 15 is 0 Å². The van der Waals surface area contributed by atoms with E-state index in [0.29, 0.717) is 5.02 Å². The summed E-state index contributed by atoms with van der Waals surface area (Å²) in [7, 11) is 3.27. The van der Waals surface area contributed by atoms with E-state index < -0.39 is 0 Å². The molecule has 0 N–H and O–H groups in total. The average Bonchev–Trinajstić information content (AvgIpc) is 3.28. The summed E-state index contributed by atoms with van der Waals surface area (Å²) in [5.74, 6) is 2.27. The van der Waals surface area contributed by atoms with Crippen molar-refractivity contribution in [3.63, 3.8) is 0 Å². The minimum atomic E-state index is 0.706. The number of nitrogens with zero attached hydrogens (tertiary/aromatic N) is 4. The number of ether oxygens (including phenoxy) is 2. The SMILES string of the molecule is COc1ccc(CCc2nnc3sc(-c4ccc(Cl)cc4)nn23)cc1OC. The van der Waals surface area contributed by atoms with Gasteiger partial charge in [0.05, 0.1) is 14.2 Å². The zero-order chi connectivity index (χ0) is 18.8. The second-order valence-corrected chi connectivity index (χ2v) is 7.31. The predicted molar refractivity (Wildman–Crippen MR) is 106 cm³/mol. The second kappa shape index (κ2) is 7.54. The summed E-state index contributed by atoms with van der Waals surface area (Å²) in [5.41, 5.74) is 2.15. The molecule has 0 aliphatic rings. The van der Waals surface area contributed by atoms with E-state index in [2.05, 4.69) is 15.3 Å². The van der Waals surface area contributed by atoms with Crippen molar-refractivity contribution >= 4 is 27.9 Å². The Kier molecular flexibility index (Phi) is 4.96. The summed E-state index contributed by atoms with van der Waals surface area (Å²) in [6.45, 7) is 0. The van der Waals surface area contributed by atoms with Crippen LogP contribution in [0, 0.1) is 0 Å². The number of fused-ring (bicyclic) bond motifs is 1. The molecule has 0 saturated heterocycles. The third-order valence-electron chi connectivity index (χ3n) is 4.23. The monoisotopic (exact) mass is 400 g/mol. The highest BCUT2D eigenvalue weighted by Crippen LogP contribution is 2.29. The van der Waals surface area contributed by atoms with Crippen molar-refractivity contribution in [1.82, 2.24) is 19.8 Å². The topological polar surface area (TPSA) is 61.5 Å². The summed E-state index contributed by atoms with van der Waals surface area (Å²) in [6, 6.07) is 13.6. The van der Waals surface area contributed by atoms with E-state index in [9.17, 15) is 0 Å². The Labute approximate surface area is 165 Å². The zero-order valence-electron chi connectivity index (χ0n) is 14.8. The van der Waals surface area contributed by atoms with Gasteiger partial charge in [0.15, 0.2) is 17.3 Å². The zero-order valence-corrected chi connectivity index (χ0v) is 16.4. The van der Waals surface area contributed by atoms with Crippen molar-refractivity contribution in [1.29, 1.82) is 0 Å². The van der Waals surface area contributed by atoms with Gasteiger partial charge < -0.3 is 9.47 Å². The van der Waals surface area contributed by atoms with Crippen molar-refractivity contribution < 1.29 is 9.47 Å². The Bertz CT molecular complexity index is 1080. The molecule has 138 valence electrons. The van der Waals surface area contributed by atoms with Gasteiger partial charge in [-0.2, -0.15) is 9.61 Å². The van der Waals surface area contributed by atoms with Crippen molar-refractivity contribution in [2.45, 2.75) is 12.8 Å². The lowest BCUT2D eigenvalue weighted by atomic mass is 10.1. The maximum atomic E-state index is 5.96. The van der Waals surface area contributed by atoms with Gasteiger partial charge in [0.25, 0.3) is 0 Å². The van der Waals surface area contributed by atoms with Gasteiger partial charge in [-0.05, 0) is 36.2 Å². The maximum Gasteiger partial charge on any atom is 0.234 e. The molecule has 4 aromatic rings. The lowest BCUT2D eigenvalue weighted by molar-refractivity contribution is 0.354. The fourth-order valence-electron chi connectivity index (χ4n) is 2.81. The Morgan fingerprint density at radius 2 is 1.74 bits per heavy atom. The van der Waals surface area contributed by atoms with Gasteiger partial charge in [-0.15, -0.1) is 10.2 Å². The molecule has 0 aliphatic heterocycles. The number of rotatable bonds is 6. The van der Waals surface area contributed by atoms with E-state index in [1.807, 2.05) is 47.0 Å². The number of methoxy groups -OCH3 is 2. The van der Waals surface area contributed by atoms with Crippen LogP contribution in [0.5, 0.6) is 11.5 Å². The summed E-state index contributed by atoms with van der Waals surface area (Å²) < 4.78 is 12.5. The van der Waals surface area contributed by atoms with Gasteiger partial charge in [-0.25, -0.2) is 0 Å². The number of hydrogen-bond acceptors (Lipinski definition) is 6. The minimum absolute atomic E-state index is 0.706. The number of benzene rings is 2. The van der Waals surface area contributed by atoms with E-state index in [1.54, 1.807) is 14.2 Å². The number of aromatic nitrogens is 4. The highest BCUT2D eigenvalue weighted by atomic mass is 35.5. The Hall–Kier alpha value is -2.64. The van der Waals surface area contributed by atoms with E-state index in [0.717, 1.165) is 51.3 Å². The quantitative estimate of drug-likeness (QED) is 0.482. The summed E-state index contributed by atoms with van der Waals surface area (Å²) in [4.78, 5) is 0.780. The molecular weight excluding hydrogens is 384 g/mol. The molecule has 0 aliphatic carbocycles. The summed E-state index contributed by atoms with van der Waals surface area (Å²) in [5, 5.41) is 14.8. The van der Waals surface area contributed by atoms with Gasteiger partial charge in [-0.1, -0.05) is 41.1 Å². The molecule has 2 aromatic carbocycles. The van der Waals surface area contributed by atoms with E-state index in [4.69, 9.17) is 21.1 Å². The molecule has 4 rings (SSSR count). The molecule has 0 spiro atoms. The molecule has 0 saturated carbocycles. The second-order valence-electron chi connectivity index (χ2n) is 5.91. The number of hydrogen-bond donors (Lipinski definition) is 0. The van der Waals surface area contributed by atoms with Crippen molar-refractivity contribution in [3.8, 4) is 22.1 Å². The molecule has 0 amide bonds. The first-order valence-corrected chi connectivity index (χ1v) is 9.55. The molecule has 0 radical (unpaired) electrons. The molecule has 0 fully saturated rings. The van der Waals surface area contributed by atoms with Gasteiger partial charge in [0, 0.05) is 17.0 Å².